The Morgan fingerprint density at radius 2 is 1.31 bits per heavy atom. The Balaban J connectivity index is 2.05. The summed E-state index contributed by atoms with van der Waals surface area (Å²) < 4.78 is 37.8. The molecule has 2 aromatic carbocycles. The zero-order valence-corrected chi connectivity index (χ0v) is 18.9. The molecule has 29 heavy (non-hydrogen) atoms. The standard InChI is InChI=1S/C23H31NO4S/c1-22(2,3)16-8-10-18-20(14-16)28-21-15-17(23(4,5)6)9-11-19(21)24(18)12-7-13-29(25,26)27/h8-11,14-15H,7,12-13H2,1-6H3,(H,25,26,27). The average Bonchev–Trinajstić information content (AvgIpc) is 2.57. The third-order valence-electron chi connectivity index (χ3n) is 5.24. The van der Waals surface area contributed by atoms with Crippen LogP contribution in [0.25, 0.3) is 0 Å². The molecule has 0 aromatic heterocycles. The van der Waals surface area contributed by atoms with Crippen LogP contribution in [0.1, 0.15) is 59.1 Å². The molecule has 2 aromatic rings. The number of rotatable bonds is 4. The van der Waals surface area contributed by atoms with E-state index in [0.717, 1.165) is 22.9 Å². The van der Waals surface area contributed by atoms with Crippen LogP contribution in [0.5, 0.6) is 11.5 Å². The molecule has 0 unspecified atom stereocenters. The van der Waals surface area contributed by atoms with E-state index in [-0.39, 0.29) is 16.6 Å². The molecule has 0 spiro atoms. The molecule has 1 N–H and O–H groups in total. The first-order valence-electron chi connectivity index (χ1n) is 9.95. The molecule has 1 aliphatic heterocycles. The summed E-state index contributed by atoms with van der Waals surface area (Å²) in [4.78, 5) is 2.08. The van der Waals surface area contributed by atoms with E-state index in [1.54, 1.807) is 0 Å². The molecule has 3 rings (SSSR count). The van der Waals surface area contributed by atoms with Crippen molar-refractivity contribution in [3.8, 4) is 11.5 Å². The van der Waals surface area contributed by atoms with E-state index in [2.05, 4.69) is 70.7 Å². The van der Waals surface area contributed by atoms with E-state index in [0.29, 0.717) is 13.0 Å². The molecule has 6 heteroatoms. The Hall–Kier alpha value is -2.05. The molecule has 0 atom stereocenters. The van der Waals surface area contributed by atoms with E-state index in [9.17, 15) is 8.42 Å². The van der Waals surface area contributed by atoms with Crippen LogP contribution in [0, 0.1) is 0 Å². The van der Waals surface area contributed by atoms with Gasteiger partial charge in [0.05, 0.1) is 17.1 Å². The summed E-state index contributed by atoms with van der Waals surface area (Å²) in [7, 11) is -3.99. The normalized spacial score (nSPS) is 14.2. The highest BCUT2D eigenvalue weighted by Crippen LogP contribution is 2.48. The SMILES string of the molecule is CC(C)(C)c1ccc2c(c1)Oc1cc(C(C)(C)C)ccc1N2CCCS(=O)(=O)O. The predicted octanol–water partition coefficient (Wildman–Crippen LogP) is 5.80. The maximum atomic E-state index is 11.2. The number of hydrogen-bond donors (Lipinski definition) is 1. The zero-order chi connectivity index (χ0) is 21.6. The maximum Gasteiger partial charge on any atom is 0.264 e. The smallest absolute Gasteiger partial charge is 0.264 e. The Labute approximate surface area is 174 Å². The molecule has 0 radical (unpaired) electrons. The van der Waals surface area contributed by atoms with E-state index in [4.69, 9.17) is 9.29 Å². The number of nitrogens with zero attached hydrogens (tertiary/aromatic N) is 1. The van der Waals surface area contributed by atoms with Gasteiger partial charge >= 0.3 is 0 Å². The molecular formula is C23H31NO4S. The predicted molar refractivity (Wildman–Crippen MR) is 118 cm³/mol. The largest absolute Gasteiger partial charge is 0.453 e. The van der Waals surface area contributed by atoms with Gasteiger partial charge in [-0.25, -0.2) is 0 Å². The molecular weight excluding hydrogens is 386 g/mol. The molecule has 5 nitrogen and oxygen atoms in total. The van der Waals surface area contributed by atoms with Crippen molar-refractivity contribution in [2.45, 2.75) is 58.8 Å². The van der Waals surface area contributed by atoms with Gasteiger partial charge in [0.25, 0.3) is 10.1 Å². The van der Waals surface area contributed by atoms with Gasteiger partial charge in [0.1, 0.15) is 0 Å². The number of hydrogen-bond acceptors (Lipinski definition) is 4. The van der Waals surface area contributed by atoms with Crippen molar-refractivity contribution in [1.82, 2.24) is 0 Å². The highest BCUT2D eigenvalue weighted by atomic mass is 32.2. The first kappa shape index (κ1) is 21.7. The lowest BCUT2D eigenvalue weighted by Crippen LogP contribution is -2.25. The van der Waals surface area contributed by atoms with Gasteiger partial charge in [-0.2, -0.15) is 8.42 Å². The molecule has 0 saturated heterocycles. The van der Waals surface area contributed by atoms with Crippen LogP contribution >= 0.6 is 0 Å². The summed E-state index contributed by atoms with van der Waals surface area (Å²) in [5, 5.41) is 0. The van der Waals surface area contributed by atoms with E-state index in [1.807, 2.05) is 12.1 Å². The molecule has 0 amide bonds. The number of benzene rings is 2. The second-order valence-electron chi connectivity index (χ2n) is 9.76. The van der Waals surface area contributed by atoms with Gasteiger partial charge in [0.15, 0.2) is 11.5 Å². The van der Waals surface area contributed by atoms with Crippen molar-refractivity contribution in [3.63, 3.8) is 0 Å². The Morgan fingerprint density at radius 1 is 0.862 bits per heavy atom. The van der Waals surface area contributed by atoms with E-state index >= 15 is 0 Å². The van der Waals surface area contributed by atoms with Gasteiger partial charge in [-0.3, -0.25) is 4.55 Å². The Kier molecular flexibility index (Phi) is 5.47. The fraction of sp³-hybridized carbons (Fsp3) is 0.478. The average molecular weight is 418 g/mol. The first-order chi connectivity index (χ1) is 13.3. The number of fused-ring (bicyclic) bond motifs is 2. The van der Waals surface area contributed by atoms with Gasteiger partial charge in [0.2, 0.25) is 0 Å². The molecule has 0 fully saturated rings. The third-order valence-corrected chi connectivity index (χ3v) is 6.04. The summed E-state index contributed by atoms with van der Waals surface area (Å²) in [5.41, 5.74) is 4.13. The number of anilines is 2. The minimum atomic E-state index is -3.99. The summed E-state index contributed by atoms with van der Waals surface area (Å²) in [6, 6.07) is 12.4. The van der Waals surface area contributed by atoms with Gasteiger partial charge < -0.3 is 9.64 Å². The van der Waals surface area contributed by atoms with Crippen LogP contribution in [0.2, 0.25) is 0 Å². The van der Waals surface area contributed by atoms with Gasteiger partial charge in [-0.1, -0.05) is 53.7 Å². The van der Waals surface area contributed by atoms with Crippen LogP contribution < -0.4 is 9.64 Å². The summed E-state index contributed by atoms with van der Waals surface area (Å²) in [6.45, 7) is 13.4. The van der Waals surface area contributed by atoms with Crippen molar-refractivity contribution in [2.75, 3.05) is 17.2 Å². The van der Waals surface area contributed by atoms with Crippen molar-refractivity contribution in [1.29, 1.82) is 0 Å². The minimum Gasteiger partial charge on any atom is -0.453 e. The highest BCUT2D eigenvalue weighted by Gasteiger charge is 2.28. The van der Waals surface area contributed by atoms with Gasteiger partial charge in [0, 0.05) is 6.54 Å². The lowest BCUT2D eigenvalue weighted by Gasteiger charge is -2.35. The molecule has 1 aliphatic rings. The quantitative estimate of drug-likeness (QED) is 0.637. The van der Waals surface area contributed by atoms with Crippen LogP contribution in [0.3, 0.4) is 0 Å². The van der Waals surface area contributed by atoms with Crippen LogP contribution in [0.4, 0.5) is 11.4 Å². The lowest BCUT2D eigenvalue weighted by atomic mass is 9.86. The fourth-order valence-electron chi connectivity index (χ4n) is 3.46. The summed E-state index contributed by atoms with van der Waals surface area (Å²) in [6.07, 6.45) is 0.319. The molecule has 0 aliphatic carbocycles. The minimum absolute atomic E-state index is 0.0122. The number of ether oxygens (including phenoxy) is 1. The van der Waals surface area contributed by atoms with Crippen molar-refractivity contribution < 1.29 is 17.7 Å². The van der Waals surface area contributed by atoms with Crippen LogP contribution in [-0.4, -0.2) is 25.3 Å². The van der Waals surface area contributed by atoms with Gasteiger partial charge in [-0.15, -0.1) is 0 Å². The van der Waals surface area contributed by atoms with Crippen LogP contribution in [-0.2, 0) is 20.9 Å². The van der Waals surface area contributed by atoms with E-state index in [1.165, 1.54) is 11.1 Å². The second kappa shape index (κ2) is 7.33. The highest BCUT2D eigenvalue weighted by molar-refractivity contribution is 7.85. The van der Waals surface area contributed by atoms with Crippen molar-refractivity contribution in [2.24, 2.45) is 0 Å². The summed E-state index contributed by atoms with van der Waals surface area (Å²) >= 11 is 0. The molecule has 0 saturated carbocycles. The van der Waals surface area contributed by atoms with E-state index < -0.39 is 10.1 Å². The Morgan fingerprint density at radius 3 is 1.69 bits per heavy atom. The topological polar surface area (TPSA) is 66.8 Å². The molecule has 1 heterocycles. The van der Waals surface area contributed by atoms with Gasteiger partial charge in [-0.05, 0) is 52.6 Å². The van der Waals surface area contributed by atoms with Crippen molar-refractivity contribution >= 4 is 21.5 Å². The summed E-state index contributed by atoms with van der Waals surface area (Å²) in [5.74, 6) is 1.26. The second-order valence-corrected chi connectivity index (χ2v) is 11.3. The zero-order valence-electron chi connectivity index (χ0n) is 18.1. The fourth-order valence-corrected chi connectivity index (χ4v) is 3.96. The third kappa shape index (κ3) is 4.93. The van der Waals surface area contributed by atoms with Crippen LogP contribution in [0.15, 0.2) is 36.4 Å². The Bertz CT molecular complexity index is 951. The molecule has 158 valence electrons. The first-order valence-corrected chi connectivity index (χ1v) is 11.6. The monoisotopic (exact) mass is 417 g/mol. The maximum absolute atomic E-state index is 11.2. The molecule has 0 bridgehead atoms. The van der Waals surface area contributed by atoms with Crippen molar-refractivity contribution in [3.05, 3.63) is 47.5 Å². The lowest BCUT2D eigenvalue weighted by molar-refractivity contribution is 0.464.